The zero-order valence-corrected chi connectivity index (χ0v) is 19.3. The summed E-state index contributed by atoms with van der Waals surface area (Å²) in [5.74, 6) is -0.0138. The summed E-state index contributed by atoms with van der Waals surface area (Å²) in [5, 5.41) is 2.79. The maximum Gasteiger partial charge on any atom is 0.492 e. The number of carbonyl (C=O) groups excluding carboxylic acids is 2. The van der Waals surface area contributed by atoms with Crippen LogP contribution in [-0.2, 0) is 20.7 Å². The Labute approximate surface area is 190 Å². The van der Waals surface area contributed by atoms with Crippen LogP contribution in [0.3, 0.4) is 0 Å². The Morgan fingerprint density at radius 3 is 2.28 bits per heavy atom. The summed E-state index contributed by atoms with van der Waals surface area (Å²) < 4.78 is 17.7. The van der Waals surface area contributed by atoms with Gasteiger partial charge in [0.05, 0.1) is 11.2 Å². The number of amides is 1. The Morgan fingerprint density at radius 1 is 1.00 bits per heavy atom. The number of ether oxygens (including phenoxy) is 1. The monoisotopic (exact) mass is 435 g/mol. The molecule has 1 saturated heterocycles. The molecule has 1 aliphatic heterocycles. The number of carbonyl (C=O) groups is 2. The predicted molar refractivity (Wildman–Crippen MR) is 125 cm³/mol. The van der Waals surface area contributed by atoms with Crippen molar-refractivity contribution in [2.45, 2.75) is 52.4 Å². The van der Waals surface area contributed by atoms with Crippen molar-refractivity contribution in [3.05, 3.63) is 76.8 Å². The molecule has 2 aromatic rings. The first-order chi connectivity index (χ1) is 15.1. The molecule has 0 saturated carbocycles. The Bertz CT molecular complexity index is 984. The molecule has 1 fully saturated rings. The van der Waals surface area contributed by atoms with Gasteiger partial charge < -0.3 is 19.4 Å². The van der Waals surface area contributed by atoms with Gasteiger partial charge in [0.1, 0.15) is 6.61 Å². The van der Waals surface area contributed by atoms with E-state index in [-0.39, 0.29) is 18.9 Å². The van der Waals surface area contributed by atoms with E-state index in [9.17, 15) is 9.59 Å². The summed E-state index contributed by atoms with van der Waals surface area (Å²) in [6.45, 7) is 9.79. The zero-order valence-electron chi connectivity index (χ0n) is 19.3. The van der Waals surface area contributed by atoms with Crippen LogP contribution in [-0.4, -0.2) is 36.7 Å². The number of hydrogen-bond donors (Lipinski definition) is 1. The molecule has 0 aromatic heterocycles. The topological polar surface area (TPSA) is 73.9 Å². The summed E-state index contributed by atoms with van der Waals surface area (Å²) >= 11 is 0. The van der Waals surface area contributed by atoms with Crippen LogP contribution < -0.4 is 5.32 Å². The largest absolute Gasteiger partial charge is 0.492 e. The van der Waals surface area contributed by atoms with Gasteiger partial charge in [-0.25, -0.2) is 4.79 Å². The highest BCUT2D eigenvalue weighted by Crippen LogP contribution is 2.38. The maximum absolute atomic E-state index is 12.3. The summed E-state index contributed by atoms with van der Waals surface area (Å²) in [6, 6.07) is 16.8. The van der Waals surface area contributed by atoms with E-state index in [4.69, 9.17) is 14.0 Å². The highest BCUT2D eigenvalue weighted by Gasteiger charge is 2.52. The van der Waals surface area contributed by atoms with E-state index in [0.29, 0.717) is 5.56 Å². The fourth-order valence-corrected chi connectivity index (χ4v) is 3.21. The third kappa shape index (κ3) is 5.87. The van der Waals surface area contributed by atoms with Gasteiger partial charge in [0.2, 0.25) is 0 Å². The molecule has 0 unspecified atom stereocenters. The Balaban J connectivity index is 1.76. The molecule has 0 atom stereocenters. The average molecular weight is 435 g/mol. The van der Waals surface area contributed by atoms with Gasteiger partial charge in [-0.1, -0.05) is 54.6 Å². The van der Waals surface area contributed by atoms with Gasteiger partial charge in [-0.05, 0) is 57.3 Å². The number of alkyl carbamates (subject to hydrolysis) is 1. The molecule has 168 valence electrons. The lowest BCUT2D eigenvalue weighted by Gasteiger charge is -2.32. The molecule has 1 amide bonds. The molecule has 0 aliphatic carbocycles. The summed E-state index contributed by atoms with van der Waals surface area (Å²) in [6.07, 6.45) is 1.35. The van der Waals surface area contributed by atoms with Crippen LogP contribution in [0.15, 0.2) is 60.1 Å². The summed E-state index contributed by atoms with van der Waals surface area (Å²) in [4.78, 5) is 24.1. The van der Waals surface area contributed by atoms with Gasteiger partial charge in [-0.2, -0.15) is 0 Å². The van der Waals surface area contributed by atoms with Crippen LogP contribution in [0.25, 0.3) is 6.08 Å². The van der Waals surface area contributed by atoms with E-state index in [2.05, 4.69) is 5.32 Å². The molecule has 6 nitrogen and oxygen atoms in total. The Hall–Kier alpha value is -2.90. The second-order valence-electron chi connectivity index (χ2n) is 8.90. The van der Waals surface area contributed by atoms with E-state index >= 15 is 0 Å². The van der Waals surface area contributed by atoms with Crippen LogP contribution in [0.2, 0.25) is 0 Å². The quantitative estimate of drug-likeness (QED) is 0.498. The van der Waals surface area contributed by atoms with Gasteiger partial charge in [-0.3, -0.25) is 4.79 Å². The molecule has 3 rings (SSSR count). The molecule has 1 heterocycles. The van der Waals surface area contributed by atoms with Crippen LogP contribution >= 0.6 is 0 Å². The highest BCUT2D eigenvalue weighted by atomic mass is 16.7. The van der Waals surface area contributed by atoms with Crippen molar-refractivity contribution in [2.75, 3.05) is 6.54 Å². The second kappa shape index (κ2) is 9.71. The molecule has 7 heteroatoms. The minimum absolute atomic E-state index is 0.0138. The van der Waals surface area contributed by atoms with E-state index in [0.717, 1.165) is 16.6 Å². The van der Waals surface area contributed by atoms with Gasteiger partial charge in [0, 0.05) is 12.1 Å². The van der Waals surface area contributed by atoms with Crippen molar-refractivity contribution in [1.29, 1.82) is 0 Å². The second-order valence-corrected chi connectivity index (χ2v) is 8.90. The minimum Gasteiger partial charge on any atom is -0.445 e. The van der Waals surface area contributed by atoms with Crippen LogP contribution in [0.4, 0.5) is 4.79 Å². The molecule has 0 spiro atoms. The molecule has 0 radical (unpaired) electrons. The Kier molecular flexibility index (Phi) is 7.21. The van der Waals surface area contributed by atoms with E-state index in [1.54, 1.807) is 12.1 Å². The first-order valence-corrected chi connectivity index (χ1v) is 10.7. The van der Waals surface area contributed by atoms with Gasteiger partial charge >= 0.3 is 13.2 Å². The molecule has 1 N–H and O–H groups in total. The predicted octanol–water partition coefficient (Wildman–Crippen LogP) is 4.83. The maximum atomic E-state index is 12.3. The lowest BCUT2D eigenvalue weighted by Crippen LogP contribution is -2.41. The average Bonchev–Trinajstić information content (AvgIpc) is 2.97. The van der Waals surface area contributed by atoms with Crippen LogP contribution in [0, 0.1) is 0 Å². The Morgan fingerprint density at radius 2 is 1.66 bits per heavy atom. The standard InChI is InChI=1S/C25H30BNO5/c1-18(28)21-13-9-12-20(14-21)15-22(26-31-24(2,3)25(4,5)32-26)16-27-23(29)30-17-19-10-7-6-8-11-19/h6-15H,16-17H2,1-5H3,(H,27,29). The minimum atomic E-state index is -0.643. The van der Waals surface area contributed by atoms with Gasteiger partial charge in [0.25, 0.3) is 0 Å². The number of benzene rings is 2. The number of hydrogen-bond acceptors (Lipinski definition) is 5. The molecule has 2 aromatic carbocycles. The first kappa shape index (κ1) is 23.8. The first-order valence-electron chi connectivity index (χ1n) is 10.7. The normalized spacial score (nSPS) is 17.2. The van der Waals surface area contributed by atoms with Crippen molar-refractivity contribution in [3.8, 4) is 0 Å². The van der Waals surface area contributed by atoms with Crippen molar-refractivity contribution in [2.24, 2.45) is 0 Å². The van der Waals surface area contributed by atoms with E-state index in [1.807, 2.05) is 76.2 Å². The van der Waals surface area contributed by atoms with Crippen molar-refractivity contribution >= 4 is 25.1 Å². The SMILES string of the molecule is CC(=O)c1cccc(C=C(CNC(=O)OCc2ccccc2)B2OC(C)(C)C(C)(C)O2)c1. The highest BCUT2D eigenvalue weighted by molar-refractivity contribution is 6.56. The van der Waals surface area contributed by atoms with Gasteiger partial charge in [-0.15, -0.1) is 0 Å². The van der Waals surface area contributed by atoms with Crippen LogP contribution in [0.5, 0.6) is 0 Å². The fraction of sp³-hybridized carbons (Fsp3) is 0.360. The van der Waals surface area contributed by atoms with Crippen molar-refractivity contribution in [1.82, 2.24) is 5.32 Å². The van der Waals surface area contributed by atoms with Crippen LogP contribution in [0.1, 0.15) is 56.1 Å². The fourth-order valence-electron chi connectivity index (χ4n) is 3.21. The third-order valence-corrected chi connectivity index (χ3v) is 5.85. The van der Waals surface area contributed by atoms with Gasteiger partial charge in [0.15, 0.2) is 5.78 Å². The van der Waals surface area contributed by atoms with Crippen molar-refractivity contribution in [3.63, 3.8) is 0 Å². The van der Waals surface area contributed by atoms with Crippen molar-refractivity contribution < 1.29 is 23.6 Å². The number of rotatable bonds is 7. The number of ketones is 1. The lowest BCUT2D eigenvalue weighted by atomic mass is 9.77. The molecular weight excluding hydrogens is 405 g/mol. The molecule has 1 aliphatic rings. The molecule has 32 heavy (non-hydrogen) atoms. The molecular formula is C25H30BNO5. The summed E-state index contributed by atoms with van der Waals surface area (Å²) in [5.41, 5.74) is 2.02. The summed E-state index contributed by atoms with van der Waals surface area (Å²) in [7, 11) is -0.643. The zero-order chi connectivity index (χ0) is 23.4. The smallest absolute Gasteiger partial charge is 0.445 e. The number of Topliss-reactive ketones (excluding diaryl/α,β-unsaturated/α-hetero) is 1. The molecule has 0 bridgehead atoms. The number of nitrogens with one attached hydrogen (secondary N) is 1. The third-order valence-electron chi connectivity index (χ3n) is 5.85. The van der Waals surface area contributed by atoms with E-state index in [1.165, 1.54) is 6.92 Å². The lowest BCUT2D eigenvalue weighted by molar-refractivity contribution is 0.00578. The van der Waals surface area contributed by atoms with E-state index < -0.39 is 24.4 Å².